The number of sulfone groups is 1. The normalized spacial score (nSPS) is 19.5. The third-order valence-electron chi connectivity index (χ3n) is 4.12. The Bertz CT molecular complexity index is 880. The molecule has 1 amide bonds. The second kappa shape index (κ2) is 7.17. The highest BCUT2D eigenvalue weighted by Crippen LogP contribution is 2.32. The fraction of sp³-hybridized carbons (Fsp3) is 0.278. The number of nitrogens with one attached hydrogen (secondary N) is 1. The van der Waals surface area contributed by atoms with Gasteiger partial charge >= 0.3 is 0 Å². The topological polar surface area (TPSA) is 72.5 Å². The Morgan fingerprint density at radius 1 is 1.20 bits per heavy atom. The van der Waals surface area contributed by atoms with Gasteiger partial charge in [-0.05, 0) is 49.2 Å². The zero-order valence-corrected chi connectivity index (χ0v) is 16.0. The number of halogens is 1. The molecule has 0 spiro atoms. The number of benzene rings is 2. The Kier molecular flexibility index (Phi) is 5.15. The van der Waals surface area contributed by atoms with Gasteiger partial charge in [0, 0.05) is 4.47 Å². The van der Waals surface area contributed by atoms with Crippen LogP contribution in [0.5, 0.6) is 5.75 Å². The summed E-state index contributed by atoms with van der Waals surface area (Å²) in [6.45, 7) is 1.67. The number of carbonyl (C=O) groups is 1. The van der Waals surface area contributed by atoms with Gasteiger partial charge in [0.1, 0.15) is 5.75 Å². The van der Waals surface area contributed by atoms with Crippen LogP contribution in [0.3, 0.4) is 0 Å². The molecule has 1 heterocycles. The van der Waals surface area contributed by atoms with Gasteiger partial charge in [-0.15, -0.1) is 0 Å². The molecular formula is C18H18BrNO4S. The lowest BCUT2D eigenvalue weighted by Crippen LogP contribution is -2.40. The molecule has 0 fully saturated rings. The zero-order valence-electron chi connectivity index (χ0n) is 13.6. The maximum atomic E-state index is 12.5. The number of hydrogen-bond acceptors (Lipinski definition) is 4. The molecule has 0 aromatic heterocycles. The number of ether oxygens (including phenoxy) is 1. The summed E-state index contributed by atoms with van der Waals surface area (Å²) in [5, 5.41) is 2.91. The van der Waals surface area contributed by atoms with Gasteiger partial charge in [-0.2, -0.15) is 0 Å². The molecule has 1 aliphatic heterocycles. The molecule has 0 radical (unpaired) electrons. The molecule has 2 aromatic rings. The van der Waals surface area contributed by atoms with Crippen LogP contribution in [0.25, 0.3) is 0 Å². The monoisotopic (exact) mass is 423 g/mol. The van der Waals surface area contributed by atoms with E-state index in [9.17, 15) is 13.2 Å². The summed E-state index contributed by atoms with van der Waals surface area (Å²) < 4.78 is 30.9. The molecule has 0 saturated heterocycles. The first-order valence-electron chi connectivity index (χ1n) is 7.91. The van der Waals surface area contributed by atoms with E-state index in [1.165, 1.54) is 0 Å². The van der Waals surface area contributed by atoms with Crippen LogP contribution in [0.2, 0.25) is 0 Å². The first-order valence-corrected chi connectivity index (χ1v) is 10.4. The number of hydrogen-bond donors (Lipinski definition) is 1. The van der Waals surface area contributed by atoms with Crippen LogP contribution in [0.15, 0.2) is 57.9 Å². The summed E-state index contributed by atoms with van der Waals surface area (Å²) in [6, 6.07) is 13.7. The average molecular weight is 424 g/mol. The molecule has 5 nitrogen and oxygen atoms in total. The molecule has 7 heteroatoms. The van der Waals surface area contributed by atoms with Crippen molar-refractivity contribution in [3.05, 3.63) is 58.6 Å². The van der Waals surface area contributed by atoms with Gasteiger partial charge in [0.2, 0.25) is 0 Å². The van der Waals surface area contributed by atoms with Crippen LogP contribution >= 0.6 is 15.9 Å². The second-order valence-electron chi connectivity index (χ2n) is 5.92. The molecule has 25 heavy (non-hydrogen) atoms. The predicted octanol–water partition coefficient (Wildman–Crippen LogP) is 3.25. The quantitative estimate of drug-likeness (QED) is 0.818. The lowest BCUT2D eigenvalue weighted by atomic mass is 10.0. The summed E-state index contributed by atoms with van der Waals surface area (Å²) in [6.07, 6.45) is -0.331. The average Bonchev–Trinajstić information content (AvgIpc) is 2.59. The van der Waals surface area contributed by atoms with Gasteiger partial charge in [0.15, 0.2) is 15.9 Å². The van der Waals surface area contributed by atoms with Gasteiger partial charge in [-0.1, -0.05) is 34.1 Å². The van der Waals surface area contributed by atoms with Crippen molar-refractivity contribution < 1.29 is 17.9 Å². The van der Waals surface area contributed by atoms with Gasteiger partial charge in [0.05, 0.1) is 16.7 Å². The molecule has 0 unspecified atom stereocenters. The molecule has 2 atom stereocenters. The van der Waals surface area contributed by atoms with E-state index in [4.69, 9.17) is 4.74 Å². The lowest BCUT2D eigenvalue weighted by molar-refractivity contribution is -0.128. The Labute approximate surface area is 155 Å². The van der Waals surface area contributed by atoms with Gasteiger partial charge < -0.3 is 10.1 Å². The zero-order chi connectivity index (χ0) is 18.0. The molecule has 132 valence electrons. The predicted molar refractivity (Wildman–Crippen MR) is 98.2 cm³/mol. The molecule has 0 aliphatic carbocycles. The van der Waals surface area contributed by atoms with Crippen LogP contribution in [-0.2, 0) is 14.6 Å². The number of carbonyl (C=O) groups excluding carboxylic acids is 1. The first kappa shape index (κ1) is 17.9. The Balaban J connectivity index is 1.71. The van der Waals surface area contributed by atoms with E-state index in [0.717, 1.165) is 4.47 Å². The van der Waals surface area contributed by atoms with Crippen LogP contribution in [0, 0.1) is 0 Å². The maximum absolute atomic E-state index is 12.5. The highest BCUT2D eigenvalue weighted by molar-refractivity contribution is 9.10. The molecule has 1 N–H and O–H groups in total. The van der Waals surface area contributed by atoms with E-state index in [2.05, 4.69) is 21.2 Å². The number of amides is 1. The van der Waals surface area contributed by atoms with E-state index in [1.807, 2.05) is 12.1 Å². The van der Waals surface area contributed by atoms with Crippen molar-refractivity contribution in [2.75, 3.05) is 5.75 Å². The summed E-state index contributed by atoms with van der Waals surface area (Å²) in [7, 11) is -3.27. The Hall–Kier alpha value is -1.86. The largest absolute Gasteiger partial charge is 0.481 e. The fourth-order valence-electron chi connectivity index (χ4n) is 2.80. The third kappa shape index (κ3) is 4.04. The van der Waals surface area contributed by atoms with Crippen molar-refractivity contribution in [1.29, 1.82) is 0 Å². The molecule has 1 aliphatic rings. The molecule has 0 bridgehead atoms. The van der Waals surface area contributed by atoms with E-state index in [1.54, 1.807) is 43.3 Å². The van der Waals surface area contributed by atoms with E-state index in [-0.39, 0.29) is 17.7 Å². The third-order valence-corrected chi connectivity index (χ3v) is 6.46. The van der Waals surface area contributed by atoms with E-state index in [0.29, 0.717) is 22.6 Å². The summed E-state index contributed by atoms with van der Waals surface area (Å²) >= 11 is 3.35. The van der Waals surface area contributed by atoms with E-state index >= 15 is 0 Å². The van der Waals surface area contributed by atoms with Gasteiger partial charge in [-0.3, -0.25) is 4.79 Å². The lowest BCUT2D eigenvalue weighted by Gasteiger charge is -2.27. The van der Waals surface area contributed by atoms with Gasteiger partial charge in [0.25, 0.3) is 5.91 Å². The number of fused-ring (bicyclic) bond motifs is 1. The SMILES string of the molecule is C[C@H](Oc1ccc(Br)cc1)C(=O)N[C@H]1CCS(=O)(=O)c2ccccc21. The van der Waals surface area contributed by atoms with Crippen molar-refractivity contribution in [1.82, 2.24) is 5.32 Å². The minimum absolute atomic E-state index is 0.0247. The van der Waals surface area contributed by atoms with Crippen LogP contribution in [-0.4, -0.2) is 26.2 Å². The van der Waals surface area contributed by atoms with Crippen LogP contribution < -0.4 is 10.1 Å². The van der Waals surface area contributed by atoms with Crippen molar-refractivity contribution in [3.63, 3.8) is 0 Å². The molecule has 0 saturated carbocycles. The van der Waals surface area contributed by atoms with Gasteiger partial charge in [-0.25, -0.2) is 8.42 Å². The summed E-state index contributed by atoms with van der Waals surface area (Å²) in [5.74, 6) is 0.344. The van der Waals surface area contributed by atoms with Crippen molar-refractivity contribution in [2.24, 2.45) is 0 Å². The molecule has 3 rings (SSSR count). The summed E-state index contributed by atoms with van der Waals surface area (Å²) in [4.78, 5) is 12.8. The van der Waals surface area contributed by atoms with Crippen LogP contribution in [0.4, 0.5) is 0 Å². The summed E-state index contributed by atoms with van der Waals surface area (Å²) in [5.41, 5.74) is 0.637. The first-order chi connectivity index (χ1) is 11.9. The standard InChI is InChI=1S/C18H18BrNO4S/c1-12(24-14-8-6-13(19)7-9-14)18(21)20-16-10-11-25(22,23)17-5-3-2-4-15(16)17/h2-9,12,16H,10-11H2,1H3,(H,20,21)/t12-,16-/m0/s1. The fourth-order valence-corrected chi connectivity index (χ4v) is 4.69. The van der Waals surface area contributed by atoms with Crippen molar-refractivity contribution in [2.45, 2.75) is 30.4 Å². The minimum atomic E-state index is -3.27. The Morgan fingerprint density at radius 2 is 1.88 bits per heavy atom. The van der Waals surface area contributed by atoms with Crippen LogP contribution in [0.1, 0.15) is 24.9 Å². The van der Waals surface area contributed by atoms with E-state index < -0.39 is 15.9 Å². The smallest absolute Gasteiger partial charge is 0.261 e. The Morgan fingerprint density at radius 3 is 2.60 bits per heavy atom. The molecular weight excluding hydrogens is 406 g/mol. The highest BCUT2D eigenvalue weighted by atomic mass is 79.9. The second-order valence-corrected chi connectivity index (χ2v) is 8.91. The minimum Gasteiger partial charge on any atom is -0.481 e. The molecule has 2 aromatic carbocycles. The highest BCUT2D eigenvalue weighted by Gasteiger charge is 2.31. The number of rotatable bonds is 4. The van der Waals surface area contributed by atoms with Crippen molar-refractivity contribution >= 4 is 31.7 Å². The van der Waals surface area contributed by atoms with Crippen molar-refractivity contribution in [3.8, 4) is 5.75 Å². The maximum Gasteiger partial charge on any atom is 0.261 e.